The van der Waals surface area contributed by atoms with Crippen LogP contribution in [0.5, 0.6) is 11.8 Å². The fourth-order valence-corrected chi connectivity index (χ4v) is 9.16. The summed E-state index contributed by atoms with van der Waals surface area (Å²) in [6.07, 6.45) is 10.7. The van der Waals surface area contributed by atoms with Crippen molar-refractivity contribution in [2.45, 2.75) is 87.9 Å². The van der Waals surface area contributed by atoms with Gasteiger partial charge in [0, 0.05) is 46.2 Å². The predicted molar refractivity (Wildman–Crippen MR) is 160 cm³/mol. The zero-order valence-corrected chi connectivity index (χ0v) is 24.6. The highest BCUT2D eigenvalue weighted by atomic mass is 79.9. The maximum Gasteiger partial charge on any atom is 0.316 e. The average Bonchev–Trinajstić information content (AvgIpc) is 3.64. The minimum absolute atomic E-state index is 0.173. The number of hydrogen-bond donors (Lipinski definition) is 2. The third-order valence-electron chi connectivity index (χ3n) is 10.4. The van der Waals surface area contributed by atoms with Gasteiger partial charge in [-0.2, -0.15) is 9.97 Å². The predicted octanol–water partition coefficient (Wildman–Crippen LogP) is 5.67. The molecule has 0 aliphatic carbocycles. The van der Waals surface area contributed by atoms with E-state index in [0.717, 1.165) is 52.4 Å². The van der Waals surface area contributed by atoms with Crippen LogP contribution < -0.4 is 15.0 Å². The highest BCUT2D eigenvalue weighted by Crippen LogP contribution is 2.43. The number of anilines is 1. The number of aromatic nitrogens is 2. The summed E-state index contributed by atoms with van der Waals surface area (Å²) in [7, 11) is 0. The number of rotatable bonds is 5. The SMILES string of the molecule is Oc1cc(N2CCc3c(nc(OCC45CCCN4CCC5)nc3C3C[C@H]4CC[C@@H](C3)N4)C2)c2c(Br)cccc2c1. The number of benzene rings is 2. The van der Waals surface area contributed by atoms with Gasteiger partial charge in [0.05, 0.1) is 23.5 Å². The van der Waals surface area contributed by atoms with Gasteiger partial charge in [-0.05, 0) is 94.0 Å². The topological polar surface area (TPSA) is 73.8 Å². The van der Waals surface area contributed by atoms with Crippen LogP contribution >= 0.6 is 15.9 Å². The number of piperidine rings is 1. The molecule has 4 fully saturated rings. The fraction of sp³-hybridized carbons (Fsp3) is 0.562. The molecule has 6 heterocycles. The second-order valence-corrected chi connectivity index (χ2v) is 13.7. The molecule has 7 nitrogen and oxygen atoms in total. The van der Waals surface area contributed by atoms with Crippen LogP contribution in [0, 0.1) is 0 Å². The molecule has 8 heteroatoms. The lowest BCUT2D eigenvalue weighted by Crippen LogP contribution is -2.43. The lowest BCUT2D eigenvalue weighted by molar-refractivity contribution is 0.107. The van der Waals surface area contributed by atoms with E-state index >= 15 is 0 Å². The summed E-state index contributed by atoms with van der Waals surface area (Å²) in [6, 6.07) is 11.7. The maximum absolute atomic E-state index is 10.6. The second-order valence-electron chi connectivity index (χ2n) is 12.8. The van der Waals surface area contributed by atoms with Gasteiger partial charge in [-0.15, -0.1) is 0 Å². The largest absolute Gasteiger partial charge is 0.508 e. The van der Waals surface area contributed by atoms with E-state index in [-0.39, 0.29) is 5.54 Å². The van der Waals surface area contributed by atoms with E-state index in [1.807, 2.05) is 18.2 Å². The van der Waals surface area contributed by atoms with Gasteiger partial charge in [-0.25, -0.2) is 0 Å². The lowest BCUT2D eigenvalue weighted by atomic mass is 9.85. The van der Waals surface area contributed by atoms with E-state index in [1.165, 1.54) is 62.9 Å². The molecule has 210 valence electrons. The monoisotopic (exact) mass is 603 g/mol. The van der Waals surface area contributed by atoms with Crippen molar-refractivity contribution in [1.82, 2.24) is 20.2 Å². The van der Waals surface area contributed by atoms with Gasteiger partial charge in [0.25, 0.3) is 0 Å². The normalized spacial score (nSPS) is 27.2. The van der Waals surface area contributed by atoms with Crippen LogP contribution in [0.15, 0.2) is 34.8 Å². The summed E-state index contributed by atoms with van der Waals surface area (Å²) in [5.74, 6) is 0.758. The van der Waals surface area contributed by atoms with E-state index < -0.39 is 0 Å². The van der Waals surface area contributed by atoms with Crippen molar-refractivity contribution in [2.75, 3.05) is 31.1 Å². The Morgan fingerprint density at radius 1 is 1.05 bits per heavy atom. The van der Waals surface area contributed by atoms with Crippen LogP contribution in [0.4, 0.5) is 5.69 Å². The highest BCUT2D eigenvalue weighted by molar-refractivity contribution is 9.10. The van der Waals surface area contributed by atoms with Crippen molar-refractivity contribution in [1.29, 1.82) is 0 Å². The van der Waals surface area contributed by atoms with Crippen molar-refractivity contribution < 1.29 is 9.84 Å². The van der Waals surface area contributed by atoms with Gasteiger partial charge >= 0.3 is 6.01 Å². The Bertz CT molecular complexity index is 1440. The minimum Gasteiger partial charge on any atom is -0.508 e. The number of phenolic OH excluding ortho intramolecular Hbond substituents is 1. The first-order valence-electron chi connectivity index (χ1n) is 15.2. The molecule has 3 aromatic rings. The maximum atomic E-state index is 10.6. The zero-order chi connectivity index (χ0) is 26.8. The van der Waals surface area contributed by atoms with Crippen LogP contribution in [0.1, 0.15) is 74.2 Å². The quantitative estimate of drug-likeness (QED) is 0.389. The Labute approximate surface area is 244 Å². The molecule has 0 saturated carbocycles. The van der Waals surface area contributed by atoms with Gasteiger partial charge in [-0.3, -0.25) is 4.90 Å². The molecule has 1 aromatic heterocycles. The van der Waals surface area contributed by atoms with Crippen molar-refractivity contribution >= 4 is 32.4 Å². The number of nitrogens with one attached hydrogen (secondary N) is 1. The molecule has 1 unspecified atom stereocenters. The number of aromatic hydroxyl groups is 1. The molecule has 8 rings (SSSR count). The van der Waals surface area contributed by atoms with Crippen LogP contribution in [0.25, 0.3) is 10.8 Å². The molecule has 0 radical (unpaired) electrons. The standard InChI is InChI=1S/C32H38BrN5O2/c33-26-5-1-4-20-16-24(39)17-28(29(20)26)37-13-8-25-27(18-37)35-31(40-19-32-9-2-11-38(32)12-3-10-32)36-30(25)21-14-22-6-7-23(15-21)34-22/h1,4-5,16-17,21-23,34,39H,2-3,6-15,18-19H2/t21?,22-,23+. The molecule has 3 atom stereocenters. The third kappa shape index (κ3) is 4.29. The molecule has 0 amide bonds. The van der Waals surface area contributed by atoms with E-state index in [1.54, 1.807) is 0 Å². The molecule has 2 aromatic carbocycles. The Morgan fingerprint density at radius 3 is 2.65 bits per heavy atom. The van der Waals surface area contributed by atoms with E-state index in [4.69, 9.17) is 14.7 Å². The number of phenols is 1. The third-order valence-corrected chi connectivity index (χ3v) is 11.1. The zero-order valence-electron chi connectivity index (χ0n) is 23.0. The van der Waals surface area contributed by atoms with E-state index in [9.17, 15) is 5.11 Å². The summed E-state index contributed by atoms with van der Waals surface area (Å²) < 4.78 is 7.61. The van der Waals surface area contributed by atoms with Crippen molar-refractivity contribution in [3.63, 3.8) is 0 Å². The average molecular weight is 605 g/mol. The van der Waals surface area contributed by atoms with E-state index in [2.05, 4.69) is 43.2 Å². The summed E-state index contributed by atoms with van der Waals surface area (Å²) in [5, 5.41) is 16.6. The van der Waals surface area contributed by atoms with Gasteiger partial charge in [0.2, 0.25) is 0 Å². The van der Waals surface area contributed by atoms with Crippen LogP contribution in [-0.2, 0) is 13.0 Å². The molecular formula is C32H38BrN5O2. The van der Waals surface area contributed by atoms with Crippen molar-refractivity contribution in [3.05, 3.63) is 51.8 Å². The molecule has 4 saturated heterocycles. The van der Waals surface area contributed by atoms with Crippen LogP contribution in [-0.4, -0.2) is 63.8 Å². The molecule has 2 bridgehead atoms. The number of halogens is 1. The van der Waals surface area contributed by atoms with E-state index in [0.29, 0.717) is 42.9 Å². The number of fused-ring (bicyclic) bond motifs is 5. The van der Waals surface area contributed by atoms with Crippen molar-refractivity contribution in [3.8, 4) is 11.8 Å². The first-order valence-corrected chi connectivity index (χ1v) is 16.0. The number of ether oxygens (including phenoxy) is 1. The Kier molecular flexibility index (Phi) is 6.23. The Morgan fingerprint density at radius 2 is 1.85 bits per heavy atom. The van der Waals surface area contributed by atoms with Crippen LogP contribution in [0.3, 0.4) is 0 Å². The summed E-state index contributed by atoms with van der Waals surface area (Å²) >= 11 is 3.77. The van der Waals surface area contributed by atoms with Gasteiger partial charge in [0.1, 0.15) is 12.4 Å². The smallest absolute Gasteiger partial charge is 0.316 e. The van der Waals surface area contributed by atoms with Crippen LogP contribution in [0.2, 0.25) is 0 Å². The Balaban J connectivity index is 1.15. The molecule has 2 N–H and O–H groups in total. The summed E-state index contributed by atoms with van der Waals surface area (Å²) in [5.41, 5.74) is 4.88. The molecule has 0 spiro atoms. The first kappa shape index (κ1) is 25.3. The number of hydrogen-bond acceptors (Lipinski definition) is 7. The fourth-order valence-electron chi connectivity index (χ4n) is 8.58. The molecule has 40 heavy (non-hydrogen) atoms. The van der Waals surface area contributed by atoms with Gasteiger partial charge in [-0.1, -0.05) is 28.1 Å². The first-order chi connectivity index (χ1) is 19.5. The number of nitrogens with zero attached hydrogens (tertiary/aromatic N) is 4. The van der Waals surface area contributed by atoms with Gasteiger partial charge in [0.15, 0.2) is 0 Å². The molecular weight excluding hydrogens is 566 g/mol. The molecule has 5 aliphatic heterocycles. The summed E-state index contributed by atoms with van der Waals surface area (Å²) in [6.45, 7) is 4.64. The van der Waals surface area contributed by atoms with Crippen molar-refractivity contribution in [2.24, 2.45) is 0 Å². The second kappa shape index (κ2) is 9.85. The van der Waals surface area contributed by atoms with Gasteiger partial charge < -0.3 is 20.1 Å². The highest BCUT2D eigenvalue weighted by Gasteiger charge is 2.45. The summed E-state index contributed by atoms with van der Waals surface area (Å²) in [4.78, 5) is 15.3. The minimum atomic E-state index is 0.173. The lowest BCUT2D eigenvalue weighted by Gasteiger charge is -2.35. The Hall–Kier alpha value is -2.42. The molecule has 5 aliphatic rings.